The highest BCUT2D eigenvalue weighted by atomic mass is 16.1. The fourth-order valence-electron chi connectivity index (χ4n) is 1.87. The molecule has 6 heteroatoms. The zero-order valence-corrected chi connectivity index (χ0v) is 9.64. The molecule has 92 valence electrons. The van der Waals surface area contributed by atoms with Gasteiger partial charge in [-0.25, -0.2) is 4.79 Å². The van der Waals surface area contributed by atoms with Gasteiger partial charge in [0.1, 0.15) is 0 Å². The van der Waals surface area contributed by atoms with Crippen LogP contribution in [0, 0.1) is 11.3 Å². The molecule has 0 atom stereocenters. The minimum atomic E-state index is -0.380. The summed E-state index contributed by atoms with van der Waals surface area (Å²) in [6, 6.07) is 7.01. The van der Waals surface area contributed by atoms with Gasteiger partial charge in [0.05, 0.1) is 22.7 Å². The summed E-state index contributed by atoms with van der Waals surface area (Å²) in [6.45, 7) is 0.424. The number of nitrogens with one attached hydrogen (secondary N) is 1. The van der Waals surface area contributed by atoms with Gasteiger partial charge in [0.25, 0.3) is 0 Å². The first-order valence-corrected chi connectivity index (χ1v) is 5.53. The van der Waals surface area contributed by atoms with Crippen LogP contribution in [0.15, 0.2) is 23.0 Å². The lowest BCUT2D eigenvalue weighted by Crippen LogP contribution is -2.18. The number of carbonyl (C=O) groups is 1. The molecule has 2 rings (SSSR count). The highest BCUT2D eigenvalue weighted by Gasteiger charge is 2.07. The molecule has 0 fully saturated rings. The van der Waals surface area contributed by atoms with E-state index in [9.17, 15) is 9.59 Å². The first-order chi connectivity index (χ1) is 8.61. The summed E-state index contributed by atoms with van der Waals surface area (Å²) in [5.74, 6) is -0.380. The highest BCUT2D eigenvalue weighted by molar-refractivity contribution is 5.77. The molecule has 18 heavy (non-hydrogen) atoms. The topological polar surface area (TPSA) is 105 Å². The van der Waals surface area contributed by atoms with Gasteiger partial charge in [-0.2, -0.15) is 5.26 Å². The van der Waals surface area contributed by atoms with Crippen LogP contribution >= 0.6 is 0 Å². The molecule has 0 radical (unpaired) electrons. The summed E-state index contributed by atoms with van der Waals surface area (Å²) in [7, 11) is 0. The molecule has 0 saturated heterocycles. The predicted octanol–water partition coefficient (Wildman–Crippen LogP) is 0.467. The van der Waals surface area contributed by atoms with E-state index in [0.717, 1.165) is 5.52 Å². The summed E-state index contributed by atoms with van der Waals surface area (Å²) >= 11 is 0. The first kappa shape index (κ1) is 11.9. The summed E-state index contributed by atoms with van der Waals surface area (Å²) in [4.78, 5) is 25.1. The zero-order valence-electron chi connectivity index (χ0n) is 9.64. The number of primary amides is 1. The Labute approximate surface area is 103 Å². The Hall–Kier alpha value is -2.55. The molecule has 1 amide bonds. The molecule has 1 aromatic carbocycles. The summed E-state index contributed by atoms with van der Waals surface area (Å²) in [5.41, 5.74) is 6.65. The number of rotatable bonds is 4. The van der Waals surface area contributed by atoms with Crippen molar-refractivity contribution in [2.24, 2.45) is 5.73 Å². The van der Waals surface area contributed by atoms with E-state index in [-0.39, 0.29) is 18.0 Å². The van der Waals surface area contributed by atoms with Crippen LogP contribution in [0.2, 0.25) is 0 Å². The lowest BCUT2D eigenvalue weighted by Gasteiger charge is -2.01. The minimum absolute atomic E-state index is 0.245. The quantitative estimate of drug-likeness (QED) is 0.816. The second-order valence-electron chi connectivity index (χ2n) is 4.00. The largest absolute Gasteiger partial charge is 0.370 e. The first-order valence-electron chi connectivity index (χ1n) is 5.53. The fraction of sp³-hybridized carbons (Fsp3) is 0.250. The number of imidazole rings is 1. The number of hydrogen-bond donors (Lipinski definition) is 2. The molecular weight excluding hydrogens is 232 g/mol. The number of hydrogen-bond acceptors (Lipinski definition) is 3. The van der Waals surface area contributed by atoms with Gasteiger partial charge >= 0.3 is 5.69 Å². The number of benzene rings is 1. The fourth-order valence-corrected chi connectivity index (χ4v) is 1.87. The maximum Gasteiger partial charge on any atom is 0.326 e. The Balaban J connectivity index is 2.33. The third-order valence-electron chi connectivity index (χ3n) is 2.71. The van der Waals surface area contributed by atoms with Gasteiger partial charge in [0, 0.05) is 13.0 Å². The number of nitrogens with zero attached hydrogens (tertiary/aromatic N) is 2. The number of fused-ring (bicyclic) bond motifs is 1. The molecule has 0 bridgehead atoms. The average molecular weight is 244 g/mol. The number of H-pyrrole nitrogens is 1. The normalized spacial score (nSPS) is 10.4. The number of nitriles is 1. The van der Waals surface area contributed by atoms with E-state index in [4.69, 9.17) is 11.0 Å². The summed E-state index contributed by atoms with van der Waals surface area (Å²) in [5, 5.41) is 8.78. The van der Waals surface area contributed by atoms with Crippen molar-refractivity contribution >= 4 is 16.9 Å². The van der Waals surface area contributed by atoms with E-state index in [0.29, 0.717) is 24.0 Å². The number of nitrogens with two attached hydrogens (primary N) is 1. The van der Waals surface area contributed by atoms with Crippen LogP contribution in [0.3, 0.4) is 0 Å². The van der Waals surface area contributed by atoms with Crippen LogP contribution in [0.5, 0.6) is 0 Å². The molecule has 6 nitrogen and oxygen atoms in total. The number of amides is 1. The van der Waals surface area contributed by atoms with Crippen LogP contribution in [-0.4, -0.2) is 15.5 Å². The van der Waals surface area contributed by atoms with Crippen molar-refractivity contribution in [3.63, 3.8) is 0 Å². The smallest absolute Gasteiger partial charge is 0.326 e. The molecule has 0 aliphatic heterocycles. The second kappa shape index (κ2) is 4.75. The monoisotopic (exact) mass is 244 g/mol. The lowest BCUT2D eigenvalue weighted by molar-refractivity contribution is -0.118. The number of aromatic nitrogens is 2. The Morgan fingerprint density at radius 1 is 1.50 bits per heavy atom. The lowest BCUT2D eigenvalue weighted by atomic mass is 10.2. The summed E-state index contributed by atoms with van der Waals surface area (Å²) < 4.78 is 1.54. The van der Waals surface area contributed by atoms with Crippen molar-refractivity contribution in [3.05, 3.63) is 34.2 Å². The molecule has 1 heterocycles. The Kier molecular flexibility index (Phi) is 3.15. The molecule has 1 aromatic heterocycles. The maximum absolute atomic E-state index is 11.7. The molecule has 0 aliphatic rings. The average Bonchev–Trinajstić information content (AvgIpc) is 2.64. The van der Waals surface area contributed by atoms with E-state index in [1.54, 1.807) is 22.8 Å². The standard InChI is InChI=1S/C12H12N4O2/c13-7-8-3-4-10-9(6-8)15-12(18)16(10)5-1-2-11(14)17/h3-4,6H,1-2,5H2,(H2,14,17)(H,15,18). The van der Waals surface area contributed by atoms with Gasteiger partial charge in [-0.15, -0.1) is 0 Å². The molecule has 0 unspecified atom stereocenters. The predicted molar refractivity (Wildman–Crippen MR) is 65.7 cm³/mol. The number of aryl methyl sites for hydroxylation is 1. The molecule has 0 saturated carbocycles. The van der Waals surface area contributed by atoms with Gasteiger partial charge in [-0.05, 0) is 24.6 Å². The Morgan fingerprint density at radius 3 is 2.94 bits per heavy atom. The third kappa shape index (κ3) is 2.25. The van der Waals surface area contributed by atoms with Gasteiger partial charge in [0.2, 0.25) is 5.91 Å². The van der Waals surface area contributed by atoms with E-state index >= 15 is 0 Å². The second-order valence-corrected chi connectivity index (χ2v) is 4.00. The van der Waals surface area contributed by atoms with Crippen LogP contribution < -0.4 is 11.4 Å². The summed E-state index contributed by atoms with van der Waals surface area (Å²) in [6.07, 6.45) is 0.761. The van der Waals surface area contributed by atoms with E-state index in [1.807, 2.05) is 6.07 Å². The van der Waals surface area contributed by atoms with E-state index in [1.165, 1.54) is 0 Å². The molecule has 3 N–H and O–H groups in total. The van der Waals surface area contributed by atoms with Crippen molar-refractivity contribution < 1.29 is 4.79 Å². The van der Waals surface area contributed by atoms with Crippen molar-refractivity contribution in [2.75, 3.05) is 0 Å². The van der Waals surface area contributed by atoms with Crippen LogP contribution in [0.1, 0.15) is 18.4 Å². The van der Waals surface area contributed by atoms with Gasteiger partial charge in [-0.1, -0.05) is 0 Å². The van der Waals surface area contributed by atoms with Crippen molar-refractivity contribution in [3.8, 4) is 6.07 Å². The Bertz CT molecular complexity index is 690. The van der Waals surface area contributed by atoms with E-state index in [2.05, 4.69) is 4.98 Å². The minimum Gasteiger partial charge on any atom is -0.370 e. The number of carbonyl (C=O) groups excluding carboxylic acids is 1. The molecular formula is C12H12N4O2. The van der Waals surface area contributed by atoms with E-state index < -0.39 is 0 Å². The van der Waals surface area contributed by atoms with Crippen LogP contribution in [0.4, 0.5) is 0 Å². The van der Waals surface area contributed by atoms with Crippen LogP contribution in [0.25, 0.3) is 11.0 Å². The van der Waals surface area contributed by atoms with Gasteiger partial charge < -0.3 is 10.7 Å². The maximum atomic E-state index is 11.7. The third-order valence-corrected chi connectivity index (χ3v) is 2.71. The number of aromatic amines is 1. The van der Waals surface area contributed by atoms with Gasteiger partial charge in [0.15, 0.2) is 0 Å². The van der Waals surface area contributed by atoms with Crippen molar-refractivity contribution in [2.45, 2.75) is 19.4 Å². The molecule has 2 aromatic rings. The molecule has 0 spiro atoms. The van der Waals surface area contributed by atoms with Crippen molar-refractivity contribution in [1.82, 2.24) is 9.55 Å². The Morgan fingerprint density at radius 2 is 2.28 bits per heavy atom. The molecule has 0 aliphatic carbocycles. The SMILES string of the molecule is N#Cc1ccc2c(c1)[nH]c(=O)n2CCCC(N)=O. The highest BCUT2D eigenvalue weighted by Crippen LogP contribution is 2.12. The van der Waals surface area contributed by atoms with Gasteiger partial charge in [-0.3, -0.25) is 9.36 Å². The van der Waals surface area contributed by atoms with Crippen molar-refractivity contribution in [1.29, 1.82) is 5.26 Å². The van der Waals surface area contributed by atoms with Crippen LogP contribution in [-0.2, 0) is 11.3 Å². The zero-order chi connectivity index (χ0) is 13.1.